The molecule has 0 spiro atoms. The van der Waals surface area contributed by atoms with Crippen molar-refractivity contribution in [3.8, 4) is 0 Å². The van der Waals surface area contributed by atoms with E-state index >= 15 is 0 Å². The molecule has 0 aliphatic heterocycles. The molecule has 0 aromatic heterocycles. The van der Waals surface area contributed by atoms with Crippen LogP contribution in [0.15, 0.2) is 28.7 Å². The van der Waals surface area contributed by atoms with Crippen molar-refractivity contribution in [2.24, 2.45) is 17.1 Å². The van der Waals surface area contributed by atoms with Crippen LogP contribution in [-0.4, -0.2) is 0 Å². The van der Waals surface area contributed by atoms with Crippen LogP contribution in [0.2, 0.25) is 0 Å². The van der Waals surface area contributed by atoms with Gasteiger partial charge in [-0.2, -0.15) is 0 Å². The molecule has 1 aliphatic rings. The zero-order valence-electron chi connectivity index (χ0n) is 10.7. The lowest BCUT2D eigenvalue weighted by atomic mass is 9.65. The minimum absolute atomic E-state index is 0.179. The van der Waals surface area contributed by atoms with Crippen LogP contribution in [0, 0.1) is 11.3 Å². The maximum absolute atomic E-state index is 6.48. The molecular formula is C15H22BrN. The van der Waals surface area contributed by atoms with Crippen LogP contribution in [0.4, 0.5) is 0 Å². The highest BCUT2D eigenvalue weighted by Crippen LogP contribution is 2.45. The number of benzene rings is 1. The van der Waals surface area contributed by atoms with Crippen LogP contribution in [-0.2, 0) is 0 Å². The highest BCUT2D eigenvalue weighted by Gasteiger charge is 2.36. The van der Waals surface area contributed by atoms with E-state index in [1.165, 1.54) is 31.2 Å². The van der Waals surface area contributed by atoms with E-state index in [-0.39, 0.29) is 6.04 Å². The molecule has 2 rings (SSSR count). The fourth-order valence-corrected chi connectivity index (χ4v) is 3.37. The summed E-state index contributed by atoms with van der Waals surface area (Å²) in [6.45, 7) is 4.74. The van der Waals surface area contributed by atoms with E-state index < -0.39 is 0 Å². The van der Waals surface area contributed by atoms with Crippen LogP contribution in [0.25, 0.3) is 0 Å². The van der Waals surface area contributed by atoms with Crippen molar-refractivity contribution < 1.29 is 0 Å². The van der Waals surface area contributed by atoms with Crippen molar-refractivity contribution in [2.75, 3.05) is 0 Å². The Labute approximate surface area is 113 Å². The number of hydrogen-bond acceptors (Lipinski definition) is 1. The van der Waals surface area contributed by atoms with Crippen LogP contribution in [0.5, 0.6) is 0 Å². The highest BCUT2D eigenvalue weighted by molar-refractivity contribution is 9.10. The Bertz CT molecular complexity index is 369. The van der Waals surface area contributed by atoms with Gasteiger partial charge >= 0.3 is 0 Å². The molecule has 1 nitrogen and oxygen atoms in total. The lowest BCUT2D eigenvalue weighted by Crippen LogP contribution is -2.36. The summed E-state index contributed by atoms with van der Waals surface area (Å²) in [6, 6.07) is 8.66. The molecule has 94 valence electrons. The van der Waals surface area contributed by atoms with Crippen LogP contribution in [0.1, 0.15) is 51.1 Å². The molecular weight excluding hydrogens is 274 g/mol. The fraction of sp³-hybridized carbons (Fsp3) is 0.600. The van der Waals surface area contributed by atoms with Gasteiger partial charge in [0.1, 0.15) is 0 Å². The Balaban J connectivity index is 2.18. The summed E-state index contributed by atoms with van der Waals surface area (Å²) < 4.78 is 1.12. The van der Waals surface area contributed by atoms with Crippen molar-refractivity contribution in [1.82, 2.24) is 0 Å². The summed E-state index contributed by atoms with van der Waals surface area (Å²) in [6.07, 6.45) is 5.26. The van der Waals surface area contributed by atoms with E-state index in [9.17, 15) is 0 Å². The molecule has 1 aromatic carbocycles. The van der Waals surface area contributed by atoms with Crippen molar-refractivity contribution in [3.05, 3.63) is 34.3 Å². The summed E-state index contributed by atoms with van der Waals surface area (Å²) in [5.41, 5.74) is 8.13. The normalized spacial score (nSPS) is 25.5. The second kappa shape index (κ2) is 5.11. The standard InChI is InChI=1S/C15H22BrN/c1-15(2)10-4-3-5-13(15)14(17)11-6-8-12(16)9-7-11/h6-9,13-14H,3-5,10,17H2,1-2H3. The largest absolute Gasteiger partial charge is 0.324 e. The predicted octanol–water partition coefficient (Wildman–Crippen LogP) is 4.67. The minimum atomic E-state index is 0.179. The van der Waals surface area contributed by atoms with E-state index in [2.05, 4.69) is 54.0 Å². The predicted molar refractivity (Wildman–Crippen MR) is 76.8 cm³/mol. The van der Waals surface area contributed by atoms with Gasteiger partial charge in [0.05, 0.1) is 0 Å². The topological polar surface area (TPSA) is 26.0 Å². The first kappa shape index (κ1) is 13.1. The first-order valence-electron chi connectivity index (χ1n) is 6.52. The van der Waals surface area contributed by atoms with Gasteiger partial charge in [0.15, 0.2) is 0 Å². The first-order valence-corrected chi connectivity index (χ1v) is 7.31. The van der Waals surface area contributed by atoms with Crippen LogP contribution >= 0.6 is 15.9 Å². The number of hydrogen-bond donors (Lipinski definition) is 1. The Kier molecular flexibility index (Phi) is 3.94. The molecule has 0 heterocycles. The van der Waals surface area contributed by atoms with Crippen molar-refractivity contribution >= 4 is 15.9 Å². The van der Waals surface area contributed by atoms with Gasteiger partial charge in [0, 0.05) is 10.5 Å². The smallest absolute Gasteiger partial charge is 0.0328 e. The molecule has 1 aromatic rings. The Morgan fingerprint density at radius 3 is 2.47 bits per heavy atom. The summed E-state index contributed by atoms with van der Waals surface area (Å²) >= 11 is 3.47. The van der Waals surface area contributed by atoms with Gasteiger partial charge < -0.3 is 5.73 Å². The van der Waals surface area contributed by atoms with Gasteiger partial charge in [-0.1, -0.05) is 54.8 Å². The quantitative estimate of drug-likeness (QED) is 0.843. The van der Waals surface area contributed by atoms with E-state index in [1.54, 1.807) is 0 Å². The van der Waals surface area contributed by atoms with E-state index in [0.29, 0.717) is 11.3 Å². The average Bonchev–Trinajstić information content (AvgIpc) is 2.28. The van der Waals surface area contributed by atoms with Crippen LogP contribution in [0.3, 0.4) is 0 Å². The van der Waals surface area contributed by atoms with Gasteiger partial charge in [-0.05, 0) is 41.9 Å². The molecule has 2 heteroatoms. The van der Waals surface area contributed by atoms with Gasteiger partial charge in [-0.3, -0.25) is 0 Å². The second-order valence-electron chi connectivity index (χ2n) is 5.92. The van der Waals surface area contributed by atoms with Crippen molar-refractivity contribution in [1.29, 1.82) is 0 Å². The lowest BCUT2D eigenvalue weighted by molar-refractivity contribution is 0.112. The maximum Gasteiger partial charge on any atom is 0.0328 e. The number of halogens is 1. The lowest BCUT2D eigenvalue weighted by Gasteiger charge is -2.42. The summed E-state index contributed by atoms with van der Waals surface area (Å²) in [5, 5.41) is 0. The molecule has 0 radical (unpaired) electrons. The Morgan fingerprint density at radius 2 is 1.88 bits per heavy atom. The fourth-order valence-electron chi connectivity index (χ4n) is 3.10. The maximum atomic E-state index is 6.48. The minimum Gasteiger partial charge on any atom is -0.324 e. The van der Waals surface area contributed by atoms with Gasteiger partial charge in [-0.25, -0.2) is 0 Å². The van der Waals surface area contributed by atoms with E-state index in [1.807, 2.05) is 0 Å². The molecule has 2 N–H and O–H groups in total. The zero-order valence-corrected chi connectivity index (χ0v) is 12.3. The van der Waals surface area contributed by atoms with Gasteiger partial charge in [-0.15, -0.1) is 0 Å². The average molecular weight is 296 g/mol. The number of nitrogens with two attached hydrogens (primary N) is 1. The van der Waals surface area contributed by atoms with Crippen molar-refractivity contribution in [2.45, 2.75) is 45.6 Å². The van der Waals surface area contributed by atoms with Crippen LogP contribution < -0.4 is 5.73 Å². The second-order valence-corrected chi connectivity index (χ2v) is 6.83. The summed E-state index contributed by atoms with van der Waals surface area (Å²) in [4.78, 5) is 0. The molecule has 1 saturated carbocycles. The first-order chi connectivity index (χ1) is 8.00. The molecule has 0 amide bonds. The monoisotopic (exact) mass is 295 g/mol. The molecule has 1 aliphatic carbocycles. The summed E-state index contributed by atoms with van der Waals surface area (Å²) in [5.74, 6) is 0.609. The number of rotatable bonds is 2. The third kappa shape index (κ3) is 2.92. The SMILES string of the molecule is CC1(C)CCCCC1C(N)c1ccc(Br)cc1. The molecule has 0 bridgehead atoms. The molecule has 2 atom stereocenters. The van der Waals surface area contributed by atoms with E-state index in [4.69, 9.17) is 5.73 Å². The Morgan fingerprint density at radius 1 is 1.24 bits per heavy atom. The third-order valence-corrected chi connectivity index (χ3v) is 4.81. The van der Waals surface area contributed by atoms with Gasteiger partial charge in [0.25, 0.3) is 0 Å². The molecule has 1 fully saturated rings. The van der Waals surface area contributed by atoms with Gasteiger partial charge in [0.2, 0.25) is 0 Å². The third-order valence-electron chi connectivity index (χ3n) is 4.28. The molecule has 17 heavy (non-hydrogen) atoms. The van der Waals surface area contributed by atoms with Crippen molar-refractivity contribution in [3.63, 3.8) is 0 Å². The molecule has 2 unspecified atom stereocenters. The zero-order chi connectivity index (χ0) is 12.5. The Hall–Kier alpha value is -0.340. The highest BCUT2D eigenvalue weighted by atomic mass is 79.9. The molecule has 0 saturated heterocycles. The van der Waals surface area contributed by atoms with E-state index in [0.717, 1.165) is 4.47 Å². The summed E-state index contributed by atoms with van der Waals surface area (Å²) in [7, 11) is 0.